The molecule has 0 unspecified atom stereocenters. The Labute approximate surface area is 175 Å². The Morgan fingerprint density at radius 2 is 1.97 bits per heavy atom. The molecule has 0 aromatic heterocycles. The van der Waals surface area contributed by atoms with Crippen molar-refractivity contribution in [1.29, 1.82) is 0 Å². The van der Waals surface area contributed by atoms with Crippen molar-refractivity contribution in [2.75, 3.05) is 19.0 Å². The lowest BCUT2D eigenvalue weighted by Crippen LogP contribution is -2.43. The van der Waals surface area contributed by atoms with E-state index in [9.17, 15) is 9.18 Å². The average Bonchev–Trinajstić information content (AvgIpc) is 2.73. The van der Waals surface area contributed by atoms with E-state index in [4.69, 9.17) is 21.7 Å². The van der Waals surface area contributed by atoms with Gasteiger partial charge in [-0.3, -0.25) is 15.6 Å². The van der Waals surface area contributed by atoms with E-state index < -0.39 is 11.7 Å². The lowest BCUT2D eigenvalue weighted by atomic mass is 10.2. The van der Waals surface area contributed by atoms with E-state index in [1.807, 2.05) is 6.07 Å². The minimum Gasteiger partial charge on any atom is -0.493 e. The first kappa shape index (κ1) is 22.2. The zero-order valence-electron chi connectivity index (χ0n) is 16.3. The maximum absolute atomic E-state index is 13.6. The lowest BCUT2D eigenvalue weighted by Gasteiger charge is -2.11. The van der Waals surface area contributed by atoms with Gasteiger partial charge in [0, 0.05) is 6.08 Å². The number of carbonyl (C=O) groups is 1. The van der Waals surface area contributed by atoms with E-state index in [1.54, 1.807) is 37.5 Å². The van der Waals surface area contributed by atoms with Crippen molar-refractivity contribution in [3.8, 4) is 11.5 Å². The third kappa shape index (κ3) is 7.42. The third-order valence-electron chi connectivity index (χ3n) is 3.79. The van der Waals surface area contributed by atoms with E-state index in [2.05, 4.69) is 23.1 Å². The topological polar surface area (TPSA) is 71.6 Å². The summed E-state index contributed by atoms with van der Waals surface area (Å²) >= 11 is 5.02. The Morgan fingerprint density at radius 1 is 1.17 bits per heavy atom. The summed E-state index contributed by atoms with van der Waals surface area (Å²) in [4.78, 5) is 12.0. The normalized spacial score (nSPS) is 10.4. The van der Waals surface area contributed by atoms with Crippen molar-refractivity contribution < 1.29 is 18.7 Å². The van der Waals surface area contributed by atoms with E-state index in [0.29, 0.717) is 18.1 Å². The van der Waals surface area contributed by atoms with Crippen LogP contribution in [0.15, 0.2) is 48.5 Å². The summed E-state index contributed by atoms with van der Waals surface area (Å²) in [5.41, 5.74) is 5.90. The second-order valence-electron chi connectivity index (χ2n) is 5.99. The number of hydrogen-bond donors (Lipinski definition) is 3. The molecule has 1 amide bonds. The summed E-state index contributed by atoms with van der Waals surface area (Å²) in [6.45, 7) is 2.72. The molecule has 0 radical (unpaired) electrons. The molecule has 0 saturated heterocycles. The summed E-state index contributed by atoms with van der Waals surface area (Å²) in [5, 5.41) is 2.72. The van der Waals surface area contributed by atoms with Gasteiger partial charge in [-0.15, -0.1) is 0 Å². The highest BCUT2D eigenvalue weighted by atomic mass is 32.1. The molecule has 0 aliphatic carbocycles. The molecule has 0 atom stereocenters. The van der Waals surface area contributed by atoms with Gasteiger partial charge in [-0.25, -0.2) is 4.39 Å². The Balaban J connectivity index is 1.86. The molecule has 29 heavy (non-hydrogen) atoms. The molecule has 154 valence electrons. The highest BCUT2D eigenvalue weighted by Gasteiger charge is 2.06. The molecular formula is C21H24FN3O3S. The standard InChI is InChI=1S/C21H24FN3O3S/c1-3-4-13-28-18-11-9-15(14-19(18)27-2)10-12-20(26)24-25-21(29)23-17-8-6-5-7-16(17)22/h5-12,14H,3-4,13H2,1-2H3,(H,24,26)(H2,23,25,29)/b12-10+. The van der Waals surface area contributed by atoms with Crippen molar-refractivity contribution in [1.82, 2.24) is 10.9 Å². The van der Waals surface area contributed by atoms with Crippen LogP contribution in [0.2, 0.25) is 0 Å². The number of methoxy groups -OCH3 is 1. The van der Waals surface area contributed by atoms with Crippen LogP contribution in [0.1, 0.15) is 25.3 Å². The first-order valence-electron chi connectivity index (χ1n) is 9.14. The molecule has 2 aromatic carbocycles. The van der Waals surface area contributed by atoms with Crippen molar-refractivity contribution in [2.45, 2.75) is 19.8 Å². The zero-order chi connectivity index (χ0) is 21.1. The van der Waals surface area contributed by atoms with Crippen molar-refractivity contribution in [3.63, 3.8) is 0 Å². The number of anilines is 1. The molecule has 6 nitrogen and oxygen atoms in total. The molecule has 0 saturated carbocycles. The second kappa shape index (κ2) is 11.7. The Bertz CT molecular complexity index is 874. The van der Waals surface area contributed by atoms with Crippen molar-refractivity contribution >= 4 is 35.0 Å². The van der Waals surface area contributed by atoms with Crippen LogP contribution >= 0.6 is 12.2 Å². The van der Waals surface area contributed by atoms with Crippen molar-refractivity contribution in [3.05, 3.63) is 59.9 Å². The van der Waals surface area contributed by atoms with Gasteiger partial charge in [0.05, 0.1) is 19.4 Å². The van der Waals surface area contributed by atoms with Gasteiger partial charge in [-0.05, 0) is 54.5 Å². The number of hydrazine groups is 1. The average molecular weight is 418 g/mol. The van der Waals surface area contributed by atoms with Gasteiger partial charge >= 0.3 is 0 Å². The maximum atomic E-state index is 13.6. The molecule has 0 fully saturated rings. The first-order chi connectivity index (χ1) is 14.0. The number of para-hydroxylation sites is 1. The quantitative estimate of drug-likeness (QED) is 0.261. The predicted octanol–water partition coefficient (Wildman–Crippen LogP) is 4.04. The Hall–Kier alpha value is -3.13. The fourth-order valence-electron chi connectivity index (χ4n) is 2.28. The summed E-state index contributed by atoms with van der Waals surface area (Å²) < 4.78 is 24.6. The number of hydrogen-bond acceptors (Lipinski definition) is 4. The molecule has 0 bridgehead atoms. The van der Waals surface area contributed by atoms with Crippen LogP contribution in [0.4, 0.5) is 10.1 Å². The molecule has 8 heteroatoms. The monoisotopic (exact) mass is 417 g/mol. The summed E-state index contributed by atoms with van der Waals surface area (Å²) in [6.07, 6.45) is 4.98. The number of ether oxygens (including phenoxy) is 2. The largest absolute Gasteiger partial charge is 0.493 e. The Morgan fingerprint density at radius 3 is 2.69 bits per heavy atom. The molecule has 0 aliphatic rings. The van der Waals surface area contributed by atoms with Crippen LogP contribution in [0.5, 0.6) is 11.5 Å². The third-order valence-corrected chi connectivity index (χ3v) is 4.00. The van der Waals surface area contributed by atoms with Crippen LogP contribution in [-0.2, 0) is 4.79 Å². The molecule has 2 aromatic rings. The number of thiocarbonyl (C=S) groups is 1. The number of carbonyl (C=O) groups excluding carboxylic acids is 1. The van der Waals surface area contributed by atoms with E-state index in [-0.39, 0.29) is 10.8 Å². The van der Waals surface area contributed by atoms with E-state index in [0.717, 1.165) is 18.4 Å². The second-order valence-corrected chi connectivity index (χ2v) is 6.40. The zero-order valence-corrected chi connectivity index (χ0v) is 17.1. The molecule has 0 heterocycles. The molecule has 0 spiro atoms. The van der Waals surface area contributed by atoms with Crippen LogP contribution in [-0.4, -0.2) is 24.7 Å². The highest BCUT2D eigenvalue weighted by molar-refractivity contribution is 7.80. The van der Waals surface area contributed by atoms with E-state index in [1.165, 1.54) is 18.2 Å². The Kier molecular flexibility index (Phi) is 8.91. The van der Waals surface area contributed by atoms with Crippen LogP contribution in [0.25, 0.3) is 6.08 Å². The van der Waals surface area contributed by atoms with Gasteiger partial charge in [0.25, 0.3) is 5.91 Å². The maximum Gasteiger partial charge on any atom is 0.262 e. The number of halogens is 1. The first-order valence-corrected chi connectivity index (χ1v) is 9.54. The van der Waals surface area contributed by atoms with Crippen LogP contribution < -0.4 is 25.6 Å². The summed E-state index contributed by atoms with van der Waals surface area (Å²) in [5.74, 6) is 0.384. The molecular weight excluding hydrogens is 393 g/mol. The fourth-order valence-corrected chi connectivity index (χ4v) is 2.44. The molecule has 0 aliphatic heterocycles. The summed E-state index contributed by atoms with van der Waals surface area (Å²) in [6, 6.07) is 11.5. The van der Waals surface area contributed by atoms with Gasteiger partial charge in [0.1, 0.15) is 5.82 Å². The SMILES string of the molecule is CCCCOc1ccc(/C=C/C(=O)NNC(=S)Nc2ccccc2F)cc1OC. The highest BCUT2D eigenvalue weighted by Crippen LogP contribution is 2.28. The van der Waals surface area contributed by atoms with Crippen LogP contribution in [0.3, 0.4) is 0 Å². The predicted molar refractivity (Wildman–Crippen MR) is 116 cm³/mol. The van der Waals surface area contributed by atoms with Crippen LogP contribution in [0, 0.1) is 5.82 Å². The van der Waals surface area contributed by atoms with Gasteiger partial charge in [0.15, 0.2) is 16.6 Å². The minimum absolute atomic E-state index is 0.0621. The van der Waals surface area contributed by atoms with Crippen molar-refractivity contribution in [2.24, 2.45) is 0 Å². The van der Waals surface area contributed by atoms with Gasteiger partial charge < -0.3 is 14.8 Å². The fraction of sp³-hybridized carbons (Fsp3) is 0.238. The minimum atomic E-state index is -0.445. The summed E-state index contributed by atoms with van der Waals surface area (Å²) in [7, 11) is 1.57. The van der Waals surface area contributed by atoms with Gasteiger partial charge in [-0.2, -0.15) is 0 Å². The molecule has 2 rings (SSSR count). The number of nitrogens with one attached hydrogen (secondary N) is 3. The lowest BCUT2D eigenvalue weighted by molar-refractivity contribution is -0.116. The van der Waals surface area contributed by atoms with Gasteiger partial charge in [0.2, 0.25) is 0 Å². The number of benzene rings is 2. The van der Waals surface area contributed by atoms with Gasteiger partial charge in [-0.1, -0.05) is 31.5 Å². The number of unbranched alkanes of at least 4 members (excludes halogenated alkanes) is 1. The number of amides is 1. The van der Waals surface area contributed by atoms with E-state index >= 15 is 0 Å². The molecule has 3 N–H and O–H groups in total. The number of rotatable bonds is 8. The smallest absolute Gasteiger partial charge is 0.262 e.